The van der Waals surface area contributed by atoms with Crippen LogP contribution in [0, 0.1) is 52.3 Å². The van der Waals surface area contributed by atoms with Crippen molar-refractivity contribution < 1.29 is 14.6 Å². The Balaban J connectivity index is 1.26. The van der Waals surface area contributed by atoms with Crippen molar-refractivity contribution in [2.45, 2.75) is 110 Å². The van der Waals surface area contributed by atoms with E-state index in [2.05, 4.69) is 27.7 Å². The van der Waals surface area contributed by atoms with Crippen LogP contribution in [0.1, 0.15) is 91.9 Å². The zero-order valence-electron chi connectivity index (χ0n) is 19.7. The van der Waals surface area contributed by atoms with Gasteiger partial charge < -0.3 is 14.6 Å². The van der Waals surface area contributed by atoms with Crippen LogP contribution >= 0.6 is 0 Å². The first-order chi connectivity index (χ1) is 14.3. The highest BCUT2D eigenvalue weighted by atomic mass is 16.7. The molecule has 2 aliphatic heterocycles. The molecular formula is C27H44O3. The molecule has 6 aliphatic rings. The quantitative estimate of drug-likeness (QED) is 0.543. The third-order valence-electron chi connectivity index (χ3n) is 11.9. The van der Waals surface area contributed by atoms with E-state index in [1.165, 1.54) is 44.9 Å². The Morgan fingerprint density at radius 2 is 1.63 bits per heavy atom. The zero-order chi connectivity index (χ0) is 20.9. The molecule has 0 bridgehead atoms. The topological polar surface area (TPSA) is 38.7 Å². The Morgan fingerprint density at radius 1 is 0.833 bits per heavy atom. The van der Waals surface area contributed by atoms with Gasteiger partial charge in [0.25, 0.3) is 0 Å². The van der Waals surface area contributed by atoms with Crippen molar-refractivity contribution in [1.82, 2.24) is 0 Å². The lowest BCUT2D eigenvalue weighted by molar-refractivity contribution is -0.273. The van der Waals surface area contributed by atoms with Gasteiger partial charge >= 0.3 is 0 Å². The van der Waals surface area contributed by atoms with Crippen LogP contribution in [0.5, 0.6) is 0 Å². The molecule has 6 rings (SSSR count). The van der Waals surface area contributed by atoms with Crippen LogP contribution in [0.2, 0.25) is 0 Å². The van der Waals surface area contributed by atoms with Gasteiger partial charge in [-0.05, 0) is 104 Å². The van der Waals surface area contributed by atoms with Gasteiger partial charge in [0.1, 0.15) is 0 Å². The number of ether oxygens (including phenoxy) is 2. The minimum Gasteiger partial charge on any atom is -0.393 e. The van der Waals surface area contributed by atoms with Crippen molar-refractivity contribution in [2.24, 2.45) is 52.3 Å². The molecule has 3 heteroatoms. The van der Waals surface area contributed by atoms with Crippen LogP contribution in [0.3, 0.4) is 0 Å². The summed E-state index contributed by atoms with van der Waals surface area (Å²) in [6.07, 6.45) is 12.9. The van der Waals surface area contributed by atoms with Crippen molar-refractivity contribution >= 4 is 0 Å². The van der Waals surface area contributed by atoms with Crippen molar-refractivity contribution in [3.05, 3.63) is 0 Å². The largest absolute Gasteiger partial charge is 0.393 e. The molecule has 0 aromatic carbocycles. The van der Waals surface area contributed by atoms with Gasteiger partial charge in [-0.2, -0.15) is 0 Å². The molecule has 1 N–H and O–H groups in total. The molecule has 3 nitrogen and oxygen atoms in total. The summed E-state index contributed by atoms with van der Waals surface area (Å²) in [4.78, 5) is 0. The minimum atomic E-state index is -0.282. The highest BCUT2D eigenvalue weighted by molar-refractivity contribution is 5.15. The van der Waals surface area contributed by atoms with Gasteiger partial charge in [-0.25, -0.2) is 0 Å². The van der Waals surface area contributed by atoms with Crippen LogP contribution in [0.15, 0.2) is 0 Å². The first kappa shape index (κ1) is 20.5. The van der Waals surface area contributed by atoms with E-state index in [1.54, 1.807) is 0 Å². The lowest BCUT2D eigenvalue weighted by Gasteiger charge is -2.61. The molecule has 0 unspecified atom stereocenters. The van der Waals surface area contributed by atoms with Gasteiger partial charge in [0.05, 0.1) is 18.8 Å². The Hall–Kier alpha value is -0.120. The summed E-state index contributed by atoms with van der Waals surface area (Å²) >= 11 is 0. The fourth-order valence-electron chi connectivity index (χ4n) is 10.3. The van der Waals surface area contributed by atoms with E-state index in [1.807, 2.05) is 0 Å². The maximum atomic E-state index is 10.3. The maximum Gasteiger partial charge on any atom is 0.171 e. The number of hydrogen-bond acceptors (Lipinski definition) is 3. The summed E-state index contributed by atoms with van der Waals surface area (Å²) in [5.74, 6) is 4.93. The fraction of sp³-hybridized carbons (Fsp3) is 1.00. The summed E-state index contributed by atoms with van der Waals surface area (Å²) < 4.78 is 13.4. The predicted molar refractivity (Wildman–Crippen MR) is 118 cm³/mol. The van der Waals surface area contributed by atoms with Gasteiger partial charge in [0, 0.05) is 12.3 Å². The average molecular weight is 417 g/mol. The van der Waals surface area contributed by atoms with Crippen molar-refractivity contribution in [1.29, 1.82) is 0 Å². The normalized spacial score (nSPS) is 62.5. The molecule has 170 valence electrons. The third kappa shape index (κ3) is 2.61. The van der Waals surface area contributed by atoms with Crippen LogP contribution in [0.25, 0.3) is 0 Å². The van der Waals surface area contributed by atoms with E-state index in [0.29, 0.717) is 34.7 Å². The summed E-state index contributed by atoms with van der Waals surface area (Å²) in [5, 5.41) is 10.3. The van der Waals surface area contributed by atoms with E-state index >= 15 is 0 Å². The number of rotatable bonds is 0. The molecule has 30 heavy (non-hydrogen) atoms. The summed E-state index contributed by atoms with van der Waals surface area (Å²) in [7, 11) is 0. The SMILES string of the molecule is C[C@H]1CC[C@@]2(OC1)O[C@H]1C[C@@H]3[C@@H]4CC[C@@H]5C[C@@H](O)CC[C@@]5(C)[C@H]4CC[C@]3(C)[C@H]1[C@@H]2C. The minimum absolute atomic E-state index is 0.0389. The van der Waals surface area contributed by atoms with E-state index in [-0.39, 0.29) is 11.9 Å². The molecule has 0 radical (unpaired) electrons. The molecule has 1 spiro atoms. The van der Waals surface area contributed by atoms with E-state index in [4.69, 9.17) is 9.47 Å². The summed E-state index contributed by atoms with van der Waals surface area (Å²) in [5.41, 5.74) is 0.899. The smallest absolute Gasteiger partial charge is 0.171 e. The molecule has 6 fully saturated rings. The molecule has 0 aromatic rings. The Morgan fingerprint density at radius 3 is 2.40 bits per heavy atom. The molecule has 0 amide bonds. The molecule has 0 aromatic heterocycles. The second kappa shape index (κ2) is 6.70. The Kier molecular flexibility index (Phi) is 4.58. The van der Waals surface area contributed by atoms with Crippen molar-refractivity contribution in [3.8, 4) is 0 Å². The van der Waals surface area contributed by atoms with Crippen LogP contribution < -0.4 is 0 Å². The number of aliphatic hydroxyl groups is 1. The van der Waals surface area contributed by atoms with Gasteiger partial charge in [-0.15, -0.1) is 0 Å². The van der Waals surface area contributed by atoms with Crippen molar-refractivity contribution in [2.75, 3.05) is 6.61 Å². The fourth-order valence-corrected chi connectivity index (χ4v) is 10.3. The third-order valence-corrected chi connectivity index (χ3v) is 11.9. The monoisotopic (exact) mass is 416 g/mol. The van der Waals surface area contributed by atoms with Crippen molar-refractivity contribution in [3.63, 3.8) is 0 Å². The van der Waals surface area contributed by atoms with Gasteiger partial charge in [-0.1, -0.05) is 27.7 Å². The Labute approximate surface area is 183 Å². The first-order valence-electron chi connectivity index (χ1n) is 13.3. The zero-order valence-corrected chi connectivity index (χ0v) is 19.7. The predicted octanol–water partition coefficient (Wildman–Crippen LogP) is 5.79. The first-order valence-corrected chi connectivity index (χ1v) is 13.3. The highest BCUT2D eigenvalue weighted by Gasteiger charge is 2.69. The van der Waals surface area contributed by atoms with Gasteiger partial charge in [0.15, 0.2) is 5.79 Å². The standard InChI is InChI=1S/C27H44O3/c1-16-7-12-27(29-15-16)17(2)24-23(30-27)14-22-20-6-5-18-13-19(28)8-10-25(18,3)21(20)9-11-26(22,24)4/h16-24,28H,5-15H2,1-4H3/t16-,17-,18+,19-,20+,21-,22+,23-,24-,25+,26-,27+/m0/s1. The van der Waals surface area contributed by atoms with Crippen LogP contribution in [-0.4, -0.2) is 29.7 Å². The van der Waals surface area contributed by atoms with E-state index < -0.39 is 0 Å². The number of aliphatic hydroxyl groups excluding tert-OH is 1. The number of hydrogen-bond donors (Lipinski definition) is 1. The lowest BCUT2D eigenvalue weighted by atomic mass is 9.44. The molecule has 2 heterocycles. The summed E-state index contributed by atoms with van der Waals surface area (Å²) in [6.45, 7) is 10.9. The number of fused-ring (bicyclic) bond motifs is 7. The second-order valence-electron chi connectivity index (χ2n) is 13.1. The van der Waals surface area contributed by atoms with Gasteiger partial charge in [-0.3, -0.25) is 0 Å². The second-order valence-corrected chi connectivity index (χ2v) is 13.1. The molecule has 4 aliphatic carbocycles. The van der Waals surface area contributed by atoms with Crippen LogP contribution in [-0.2, 0) is 9.47 Å². The Bertz CT molecular complexity index is 684. The van der Waals surface area contributed by atoms with E-state index in [9.17, 15) is 5.11 Å². The molecule has 4 saturated carbocycles. The molecule has 12 atom stereocenters. The summed E-state index contributed by atoms with van der Waals surface area (Å²) in [6, 6.07) is 0. The maximum absolute atomic E-state index is 10.3. The average Bonchev–Trinajstić information content (AvgIpc) is 3.16. The lowest BCUT2D eigenvalue weighted by Crippen LogP contribution is -2.55. The molecular weight excluding hydrogens is 372 g/mol. The molecule has 2 saturated heterocycles. The van der Waals surface area contributed by atoms with Crippen LogP contribution in [0.4, 0.5) is 0 Å². The van der Waals surface area contributed by atoms with Gasteiger partial charge in [0.2, 0.25) is 0 Å². The van der Waals surface area contributed by atoms with E-state index in [0.717, 1.165) is 49.5 Å². The highest BCUT2D eigenvalue weighted by Crippen LogP contribution is 2.71.